The molecular formula is C29H45NO7. The average Bonchev–Trinajstić information content (AvgIpc) is 3.41. The van der Waals surface area contributed by atoms with Gasteiger partial charge in [0, 0.05) is 11.5 Å². The van der Waals surface area contributed by atoms with Crippen molar-refractivity contribution in [2.45, 2.75) is 121 Å². The van der Waals surface area contributed by atoms with Crippen LogP contribution in [-0.4, -0.2) is 70.2 Å². The Labute approximate surface area is 219 Å². The number of carbonyl (C=O) groups excluding carboxylic acids is 1. The van der Waals surface area contributed by atoms with E-state index >= 15 is 0 Å². The standard InChI is InChI=1S/C29H45NO7/c1-15-23(30)24(32)25(33)26(36-15)37-18-6-9-27(2)17(13-18)4-5-21-20(27)7-10-28(3)19(8-11-29(21,28)34)16-12-22(31)35-14-16/h12,15,17-21,23-26,32-34H,4-11,13-14,30H2,1-3H3/t15-,17-,18+,19-,20+,21-,23+,24+,25-,26+,27+,28-,29-/m1/s1. The maximum atomic E-state index is 12.4. The van der Waals surface area contributed by atoms with Crippen LogP contribution in [0.2, 0.25) is 0 Å². The molecule has 0 aromatic carbocycles. The van der Waals surface area contributed by atoms with E-state index in [1.54, 1.807) is 13.0 Å². The summed E-state index contributed by atoms with van der Waals surface area (Å²) >= 11 is 0. The number of ether oxygens (including phenoxy) is 3. The number of rotatable bonds is 3. The lowest BCUT2D eigenvalue weighted by Crippen LogP contribution is -2.63. The van der Waals surface area contributed by atoms with E-state index in [-0.39, 0.29) is 40.8 Å². The molecule has 37 heavy (non-hydrogen) atoms. The molecule has 0 unspecified atom stereocenters. The van der Waals surface area contributed by atoms with Gasteiger partial charge in [-0.2, -0.15) is 0 Å². The first-order valence-electron chi connectivity index (χ1n) is 14.5. The van der Waals surface area contributed by atoms with Gasteiger partial charge in [0.05, 0.1) is 23.9 Å². The van der Waals surface area contributed by atoms with Gasteiger partial charge in [0.15, 0.2) is 6.29 Å². The van der Waals surface area contributed by atoms with Crippen molar-refractivity contribution in [2.24, 2.45) is 40.2 Å². The first kappa shape index (κ1) is 26.2. The van der Waals surface area contributed by atoms with Crippen LogP contribution in [0.15, 0.2) is 11.6 Å². The summed E-state index contributed by atoms with van der Waals surface area (Å²) in [6.07, 6.45) is 6.88. The van der Waals surface area contributed by atoms with Crippen molar-refractivity contribution < 1.29 is 34.3 Å². The lowest BCUT2D eigenvalue weighted by molar-refractivity contribution is -0.291. The minimum Gasteiger partial charge on any atom is -0.458 e. The molecule has 208 valence electrons. The molecule has 0 amide bonds. The minimum absolute atomic E-state index is 0.0253. The monoisotopic (exact) mass is 519 g/mol. The van der Waals surface area contributed by atoms with E-state index in [0.29, 0.717) is 18.4 Å². The summed E-state index contributed by atoms with van der Waals surface area (Å²) in [4.78, 5) is 11.8. The van der Waals surface area contributed by atoms with Crippen molar-refractivity contribution in [3.8, 4) is 0 Å². The largest absolute Gasteiger partial charge is 0.458 e. The normalized spacial score (nSPS) is 55.6. The summed E-state index contributed by atoms with van der Waals surface area (Å²) < 4.78 is 17.3. The van der Waals surface area contributed by atoms with Crippen LogP contribution >= 0.6 is 0 Å². The van der Waals surface area contributed by atoms with E-state index in [2.05, 4.69) is 13.8 Å². The fourth-order valence-electron chi connectivity index (χ4n) is 9.85. The SMILES string of the molecule is C[C@H]1O[C@@H](O[C@H]2CC[C@@]3(C)[C@H](CC[C@@H]4[C@@H]3CC[C@]3(C)[C@@H](C5=CC(=O)OC5)CC[C@@]43O)C2)[C@H](O)[C@@H](O)[C@H]1N. The second kappa shape index (κ2) is 9.00. The third-order valence-corrected chi connectivity index (χ3v) is 12.2. The van der Waals surface area contributed by atoms with Crippen molar-refractivity contribution in [3.05, 3.63) is 11.6 Å². The smallest absolute Gasteiger partial charge is 0.331 e. The highest BCUT2D eigenvalue weighted by Crippen LogP contribution is 2.70. The molecule has 2 aliphatic heterocycles. The summed E-state index contributed by atoms with van der Waals surface area (Å²) in [6.45, 7) is 6.89. The Hall–Kier alpha value is -1.03. The number of esters is 1. The Morgan fingerprint density at radius 3 is 2.54 bits per heavy atom. The molecule has 5 N–H and O–H groups in total. The predicted octanol–water partition coefficient (Wildman–Crippen LogP) is 2.42. The molecule has 4 aliphatic carbocycles. The van der Waals surface area contributed by atoms with Gasteiger partial charge in [-0.25, -0.2) is 4.79 Å². The lowest BCUT2D eigenvalue weighted by Gasteiger charge is -2.64. The van der Waals surface area contributed by atoms with Crippen LogP contribution < -0.4 is 5.73 Å². The summed E-state index contributed by atoms with van der Waals surface area (Å²) in [5, 5.41) is 33.2. The Balaban J connectivity index is 1.16. The molecule has 8 nitrogen and oxygen atoms in total. The Morgan fingerprint density at radius 2 is 1.81 bits per heavy atom. The topological polar surface area (TPSA) is 131 Å². The van der Waals surface area contributed by atoms with Crippen LogP contribution in [0, 0.1) is 34.5 Å². The van der Waals surface area contributed by atoms with Gasteiger partial charge in [0.25, 0.3) is 0 Å². The second-order valence-electron chi connectivity index (χ2n) is 13.6. The number of fused-ring (bicyclic) bond motifs is 5. The summed E-state index contributed by atoms with van der Waals surface area (Å²) in [7, 11) is 0. The highest BCUT2D eigenvalue weighted by atomic mass is 16.7. The number of carbonyl (C=O) groups is 1. The zero-order chi connectivity index (χ0) is 26.3. The summed E-state index contributed by atoms with van der Waals surface area (Å²) in [6, 6.07) is -0.629. The van der Waals surface area contributed by atoms with Crippen molar-refractivity contribution in [1.29, 1.82) is 0 Å². The van der Waals surface area contributed by atoms with Gasteiger partial charge in [-0.15, -0.1) is 0 Å². The molecule has 0 aromatic rings. The number of cyclic esters (lactones) is 1. The third kappa shape index (κ3) is 3.80. The molecule has 8 heteroatoms. The first-order chi connectivity index (χ1) is 17.5. The van der Waals surface area contributed by atoms with E-state index in [1.807, 2.05) is 0 Å². The number of aliphatic hydroxyl groups is 3. The van der Waals surface area contributed by atoms with Crippen LogP contribution in [-0.2, 0) is 19.0 Å². The van der Waals surface area contributed by atoms with E-state index in [0.717, 1.165) is 63.4 Å². The van der Waals surface area contributed by atoms with Crippen LogP contribution in [0.1, 0.15) is 78.6 Å². The molecule has 0 bridgehead atoms. The van der Waals surface area contributed by atoms with E-state index in [9.17, 15) is 20.1 Å². The maximum absolute atomic E-state index is 12.4. The second-order valence-corrected chi connectivity index (χ2v) is 13.6. The third-order valence-electron chi connectivity index (χ3n) is 12.2. The number of nitrogens with two attached hydrogens (primary N) is 1. The van der Waals surface area contributed by atoms with Crippen molar-refractivity contribution in [2.75, 3.05) is 6.61 Å². The minimum atomic E-state index is -1.15. The molecule has 6 aliphatic rings. The van der Waals surface area contributed by atoms with E-state index in [1.165, 1.54) is 0 Å². The molecular weight excluding hydrogens is 474 g/mol. The first-order valence-corrected chi connectivity index (χ1v) is 14.5. The molecule has 1 saturated heterocycles. The van der Waals surface area contributed by atoms with E-state index < -0.39 is 30.1 Å². The van der Waals surface area contributed by atoms with Gasteiger partial charge >= 0.3 is 5.97 Å². The van der Waals surface area contributed by atoms with Gasteiger partial charge in [-0.3, -0.25) is 0 Å². The fraction of sp³-hybridized carbons (Fsp3) is 0.897. The van der Waals surface area contributed by atoms with Crippen molar-refractivity contribution in [3.63, 3.8) is 0 Å². The van der Waals surface area contributed by atoms with Gasteiger partial charge in [-0.1, -0.05) is 13.8 Å². The number of hydrogen-bond donors (Lipinski definition) is 4. The van der Waals surface area contributed by atoms with Gasteiger partial charge < -0.3 is 35.3 Å². The van der Waals surface area contributed by atoms with Gasteiger partial charge in [0.1, 0.15) is 18.8 Å². The molecule has 2 heterocycles. The highest BCUT2D eigenvalue weighted by Gasteiger charge is 2.67. The summed E-state index contributed by atoms with van der Waals surface area (Å²) in [5.74, 6) is 1.21. The Morgan fingerprint density at radius 1 is 1.03 bits per heavy atom. The molecule has 0 spiro atoms. The lowest BCUT2D eigenvalue weighted by atomic mass is 9.43. The fourth-order valence-corrected chi connectivity index (χ4v) is 9.85. The number of hydrogen-bond acceptors (Lipinski definition) is 8. The van der Waals surface area contributed by atoms with Gasteiger partial charge in [0.2, 0.25) is 0 Å². The van der Waals surface area contributed by atoms with E-state index in [4.69, 9.17) is 19.9 Å². The van der Waals surface area contributed by atoms with Crippen LogP contribution in [0.25, 0.3) is 0 Å². The van der Waals surface area contributed by atoms with Crippen molar-refractivity contribution in [1.82, 2.24) is 0 Å². The van der Waals surface area contributed by atoms with Crippen LogP contribution in [0.5, 0.6) is 0 Å². The molecule has 0 radical (unpaired) electrons. The zero-order valence-electron chi connectivity index (χ0n) is 22.5. The Kier molecular flexibility index (Phi) is 6.37. The maximum Gasteiger partial charge on any atom is 0.331 e. The molecule has 13 atom stereocenters. The molecule has 0 aromatic heterocycles. The average molecular weight is 520 g/mol. The zero-order valence-corrected chi connectivity index (χ0v) is 22.5. The molecule has 6 rings (SSSR count). The predicted molar refractivity (Wildman–Crippen MR) is 135 cm³/mol. The van der Waals surface area contributed by atoms with Crippen LogP contribution in [0.4, 0.5) is 0 Å². The molecule has 4 saturated carbocycles. The quantitative estimate of drug-likeness (QED) is 0.330. The Bertz CT molecular complexity index is 957. The summed E-state index contributed by atoms with van der Waals surface area (Å²) in [5.41, 5.74) is 6.24. The number of aliphatic hydroxyl groups excluding tert-OH is 2. The van der Waals surface area contributed by atoms with Crippen molar-refractivity contribution >= 4 is 5.97 Å². The van der Waals surface area contributed by atoms with Gasteiger partial charge in [-0.05, 0) is 99.4 Å². The molecule has 5 fully saturated rings. The van der Waals surface area contributed by atoms with Crippen LogP contribution in [0.3, 0.4) is 0 Å². The highest BCUT2D eigenvalue weighted by molar-refractivity contribution is 5.85.